The van der Waals surface area contributed by atoms with Gasteiger partial charge in [-0.3, -0.25) is 4.90 Å². The number of nitrogens with zero attached hydrogens (tertiary/aromatic N) is 1. The molecule has 1 unspecified atom stereocenters. The molecule has 0 aliphatic carbocycles. The van der Waals surface area contributed by atoms with E-state index in [0.717, 1.165) is 6.07 Å². The van der Waals surface area contributed by atoms with E-state index in [0.29, 0.717) is 31.2 Å². The summed E-state index contributed by atoms with van der Waals surface area (Å²) in [6, 6.07) is 3.71. The molecule has 1 N–H and O–H groups in total. The number of benzene rings is 1. The first kappa shape index (κ1) is 19.0. The highest BCUT2D eigenvalue weighted by atomic mass is 19.1. The molecule has 0 aromatic heterocycles. The molecule has 1 rings (SSSR count). The highest BCUT2D eigenvalue weighted by molar-refractivity contribution is 5.18. The average Bonchev–Trinajstić information content (AvgIpc) is 2.40. The standard InChI is InChI=1S/C17H27F2NO2/c1-12(2)10-22-11-16(21)9-20(13(3)4)8-14-5-6-15(18)7-17(14)19/h5-7,12-13,16,21H,8-11H2,1-4H3. The molecule has 5 heteroatoms. The van der Waals surface area contributed by atoms with E-state index in [4.69, 9.17) is 4.74 Å². The average molecular weight is 315 g/mol. The van der Waals surface area contributed by atoms with E-state index in [9.17, 15) is 13.9 Å². The van der Waals surface area contributed by atoms with Gasteiger partial charge in [-0.25, -0.2) is 8.78 Å². The smallest absolute Gasteiger partial charge is 0.130 e. The summed E-state index contributed by atoms with van der Waals surface area (Å²) in [5.41, 5.74) is 0.422. The number of hydrogen-bond acceptors (Lipinski definition) is 3. The fourth-order valence-corrected chi connectivity index (χ4v) is 2.09. The van der Waals surface area contributed by atoms with Gasteiger partial charge in [0.1, 0.15) is 11.6 Å². The van der Waals surface area contributed by atoms with Crippen LogP contribution in [0.1, 0.15) is 33.3 Å². The minimum atomic E-state index is -0.635. The molecular weight excluding hydrogens is 288 g/mol. The summed E-state index contributed by atoms with van der Waals surface area (Å²) >= 11 is 0. The predicted molar refractivity (Wildman–Crippen MR) is 83.6 cm³/mol. The molecule has 1 aromatic rings. The molecule has 0 aliphatic heterocycles. The molecule has 0 bridgehead atoms. The third-order valence-corrected chi connectivity index (χ3v) is 3.33. The normalized spacial score (nSPS) is 13.4. The Morgan fingerprint density at radius 1 is 1.14 bits per heavy atom. The van der Waals surface area contributed by atoms with Crippen LogP contribution in [0.3, 0.4) is 0 Å². The van der Waals surface area contributed by atoms with E-state index in [2.05, 4.69) is 0 Å². The quantitative estimate of drug-likeness (QED) is 0.759. The van der Waals surface area contributed by atoms with Crippen LogP contribution in [0.4, 0.5) is 8.78 Å². The molecule has 0 fully saturated rings. The first-order valence-corrected chi connectivity index (χ1v) is 7.73. The Hall–Kier alpha value is -1.04. The van der Waals surface area contributed by atoms with Gasteiger partial charge in [0.25, 0.3) is 0 Å². The maximum atomic E-state index is 13.7. The Kier molecular flexibility index (Phi) is 7.93. The van der Waals surface area contributed by atoms with E-state index in [1.165, 1.54) is 12.1 Å². The van der Waals surface area contributed by atoms with Crippen molar-refractivity contribution in [3.63, 3.8) is 0 Å². The van der Waals surface area contributed by atoms with Gasteiger partial charge in [0, 0.05) is 37.4 Å². The molecule has 1 aromatic carbocycles. The maximum Gasteiger partial charge on any atom is 0.130 e. The van der Waals surface area contributed by atoms with Crippen LogP contribution < -0.4 is 0 Å². The second-order valence-electron chi connectivity index (χ2n) is 6.34. The lowest BCUT2D eigenvalue weighted by atomic mass is 10.1. The van der Waals surface area contributed by atoms with Crippen molar-refractivity contribution < 1.29 is 18.6 Å². The first-order valence-electron chi connectivity index (χ1n) is 7.73. The minimum absolute atomic E-state index is 0.129. The van der Waals surface area contributed by atoms with Crippen LogP contribution in [-0.2, 0) is 11.3 Å². The number of ether oxygens (including phenoxy) is 1. The topological polar surface area (TPSA) is 32.7 Å². The third kappa shape index (κ3) is 6.81. The zero-order valence-corrected chi connectivity index (χ0v) is 13.9. The highest BCUT2D eigenvalue weighted by Crippen LogP contribution is 2.14. The van der Waals surface area contributed by atoms with Crippen molar-refractivity contribution in [1.29, 1.82) is 0 Å². The van der Waals surface area contributed by atoms with Gasteiger partial charge in [-0.05, 0) is 25.8 Å². The lowest BCUT2D eigenvalue weighted by Gasteiger charge is -2.29. The fraction of sp³-hybridized carbons (Fsp3) is 0.647. The highest BCUT2D eigenvalue weighted by Gasteiger charge is 2.17. The number of aliphatic hydroxyl groups excluding tert-OH is 1. The Labute approximate surface area is 131 Å². The summed E-state index contributed by atoms with van der Waals surface area (Å²) in [6.07, 6.45) is -0.635. The molecule has 0 saturated carbocycles. The largest absolute Gasteiger partial charge is 0.389 e. The van der Waals surface area contributed by atoms with Crippen LogP contribution in [0.25, 0.3) is 0 Å². The van der Waals surface area contributed by atoms with Crippen molar-refractivity contribution in [2.24, 2.45) is 5.92 Å². The molecule has 0 spiro atoms. The molecule has 0 saturated heterocycles. The summed E-state index contributed by atoms with van der Waals surface area (Å²) in [5.74, 6) is -0.725. The van der Waals surface area contributed by atoms with Crippen molar-refractivity contribution in [3.8, 4) is 0 Å². The summed E-state index contributed by atoms with van der Waals surface area (Å²) in [6.45, 7) is 9.61. The van der Waals surface area contributed by atoms with Crippen LogP contribution in [0.15, 0.2) is 18.2 Å². The van der Waals surface area contributed by atoms with E-state index < -0.39 is 17.7 Å². The van der Waals surface area contributed by atoms with Crippen molar-refractivity contribution in [1.82, 2.24) is 4.90 Å². The monoisotopic (exact) mass is 315 g/mol. The van der Waals surface area contributed by atoms with Gasteiger partial charge in [-0.1, -0.05) is 19.9 Å². The zero-order chi connectivity index (χ0) is 16.7. The van der Waals surface area contributed by atoms with Crippen LogP contribution in [0.2, 0.25) is 0 Å². The van der Waals surface area contributed by atoms with Gasteiger partial charge in [0.2, 0.25) is 0 Å². The van der Waals surface area contributed by atoms with Gasteiger partial charge < -0.3 is 9.84 Å². The summed E-state index contributed by atoms with van der Waals surface area (Å²) in [7, 11) is 0. The third-order valence-electron chi connectivity index (χ3n) is 3.33. The van der Waals surface area contributed by atoms with Crippen LogP contribution in [0.5, 0.6) is 0 Å². The molecular formula is C17H27F2NO2. The zero-order valence-electron chi connectivity index (χ0n) is 13.9. The van der Waals surface area contributed by atoms with Crippen LogP contribution in [0, 0.1) is 17.6 Å². The van der Waals surface area contributed by atoms with Crippen molar-refractivity contribution in [2.75, 3.05) is 19.8 Å². The fourth-order valence-electron chi connectivity index (χ4n) is 2.09. The molecule has 22 heavy (non-hydrogen) atoms. The Morgan fingerprint density at radius 2 is 1.82 bits per heavy atom. The number of halogens is 2. The van der Waals surface area contributed by atoms with Crippen molar-refractivity contribution >= 4 is 0 Å². The van der Waals surface area contributed by atoms with Gasteiger partial charge in [0.15, 0.2) is 0 Å². The van der Waals surface area contributed by atoms with Crippen LogP contribution >= 0.6 is 0 Å². The van der Waals surface area contributed by atoms with Crippen molar-refractivity contribution in [2.45, 2.75) is 46.4 Å². The lowest BCUT2D eigenvalue weighted by molar-refractivity contribution is 0.00156. The van der Waals surface area contributed by atoms with Crippen LogP contribution in [-0.4, -0.2) is 41.9 Å². The SMILES string of the molecule is CC(C)COCC(O)CN(Cc1ccc(F)cc1F)C(C)C. The predicted octanol–water partition coefficient (Wildman–Crippen LogP) is 3.21. The molecule has 3 nitrogen and oxygen atoms in total. The number of hydrogen-bond donors (Lipinski definition) is 1. The van der Waals surface area contributed by atoms with E-state index in [-0.39, 0.29) is 12.6 Å². The van der Waals surface area contributed by atoms with Gasteiger partial charge >= 0.3 is 0 Å². The first-order chi connectivity index (χ1) is 10.3. The molecule has 0 radical (unpaired) electrons. The van der Waals surface area contributed by atoms with Gasteiger partial charge in [0.05, 0.1) is 12.7 Å². The molecule has 0 heterocycles. The van der Waals surface area contributed by atoms with Crippen molar-refractivity contribution in [3.05, 3.63) is 35.4 Å². The summed E-state index contributed by atoms with van der Waals surface area (Å²) in [4.78, 5) is 1.94. The summed E-state index contributed by atoms with van der Waals surface area (Å²) < 4.78 is 32.1. The molecule has 0 amide bonds. The second kappa shape index (κ2) is 9.18. The van der Waals surface area contributed by atoms with E-state index in [1.54, 1.807) is 0 Å². The maximum absolute atomic E-state index is 13.7. The minimum Gasteiger partial charge on any atom is -0.389 e. The lowest BCUT2D eigenvalue weighted by Crippen LogP contribution is -2.39. The second-order valence-corrected chi connectivity index (χ2v) is 6.34. The molecule has 0 aliphatic rings. The Balaban J connectivity index is 2.58. The Bertz CT molecular complexity index is 452. The van der Waals surface area contributed by atoms with Gasteiger partial charge in [-0.15, -0.1) is 0 Å². The Morgan fingerprint density at radius 3 is 2.36 bits per heavy atom. The number of rotatable bonds is 9. The number of aliphatic hydroxyl groups is 1. The molecule has 126 valence electrons. The summed E-state index contributed by atoms with van der Waals surface area (Å²) in [5, 5.41) is 10.1. The molecule has 1 atom stereocenters. The van der Waals surface area contributed by atoms with E-state index in [1.807, 2.05) is 32.6 Å². The van der Waals surface area contributed by atoms with E-state index >= 15 is 0 Å². The van der Waals surface area contributed by atoms with Gasteiger partial charge in [-0.2, -0.15) is 0 Å².